The van der Waals surface area contributed by atoms with Gasteiger partial charge in [-0.1, -0.05) is 12.1 Å². The van der Waals surface area contributed by atoms with Crippen LogP contribution in [0.4, 0.5) is 0 Å². The molecular weight excluding hydrogens is 182 g/mol. The highest BCUT2D eigenvalue weighted by Crippen LogP contribution is 2.11. The van der Waals surface area contributed by atoms with Crippen molar-refractivity contribution in [2.24, 2.45) is 0 Å². The first-order valence-corrected chi connectivity index (χ1v) is 4.17. The summed E-state index contributed by atoms with van der Waals surface area (Å²) in [6.45, 7) is 0. The first kappa shape index (κ1) is 10.5. The number of aliphatic carboxylic acids is 1. The molecule has 0 unspecified atom stereocenters. The number of carboxylic acids is 1. The van der Waals surface area contributed by atoms with Gasteiger partial charge in [0, 0.05) is 7.05 Å². The minimum Gasteiger partial charge on any atom is -0.508 e. The molecule has 4 heteroatoms. The number of benzene rings is 1. The zero-order valence-corrected chi connectivity index (χ0v) is 7.60. The Kier molecular flexibility index (Phi) is 3.48. The van der Waals surface area contributed by atoms with Crippen LogP contribution in [0.15, 0.2) is 24.3 Å². The fraction of sp³-hybridized carbons (Fsp3) is 0.200. The number of carboxylic acid groups (broad SMARTS) is 1. The van der Waals surface area contributed by atoms with Crippen LogP contribution in [0.5, 0.6) is 5.75 Å². The normalized spacial score (nSPS) is 12.4. The molecule has 1 aromatic rings. The van der Waals surface area contributed by atoms with Gasteiger partial charge in [-0.05, 0) is 24.1 Å². The zero-order valence-electron chi connectivity index (χ0n) is 7.60. The molecule has 14 heavy (non-hydrogen) atoms. The minimum absolute atomic E-state index is 0.170. The Morgan fingerprint density at radius 2 is 2.00 bits per heavy atom. The second-order valence-corrected chi connectivity index (χ2v) is 2.97. The molecule has 0 fully saturated rings. The maximum Gasteiger partial charge on any atom is 0.321 e. The summed E-state index contributed by atoms with van der Waals surface area (Å²) in [4.78, 5) is 10.6. The molecule has 0 aliphatic heterocycles. The van der Waals surface area contributed by atoms with E-state index in [1.165, 1.54) is 12.1 Å². The largest absolute Gasteiger partial charge is 0.508 e. The molecule has 4 nitrogen and oxygen atoms in total. The van der Waals surface area contributed by atoms with Crippen molar-refractivity contribution in [1.29, 1.82) is 0 Å². The Morgan fingerprint density at radius 3 is 2.43 bits per heavy atom. The first-order chi connectivity index (χ1) is 6.63. The Bertz CT molecular complexity index is 308. The predicted molar refractivity (Wildman–Crippen MR) is 51.7 cm³/mol. The lowest BCUT2D eigenvalue weighted by atomic mass is 10.1. The molecule has 0 aliphatic carbocycles. The van der Waals surface area contributed by atoms with Crippen molar-refractivity contribution in [3.8, 4) is 5.75 Å². The maximum atomic E-state index is 10.6. The van der Waals surface area contributed by atoms with E-state index in [9.17, 15) is 4.79 Å². The van der Waals surface area contributed by atoms with Crippen LogP contribution in [-0.2, 0) is 11.2 Å². The van der Waals surface area contributed by atoms with E-state index >= 15 is 0 Å². The molecule has 1 radical (unpaired) electrons. The average Bonchev–Trinajstić information content (AvgIpc) is 2.16. The van der Waals surface area contributed by atoms with Crippen molar-refractivity contribution in [2.45, 2.75) is 12.5 Å². The topological polar surface area (TPSA) is 69.6 Å². The Labute approximate surface area is 82.2 Å². The van der Waals surface area contributed by atoms with Crippen molar-refractivity contribution in [3.63, 3.8) is 0 Å². The summed E-state index contributed by atoms with van der Waals surface area (Å²) in [5, 5.41) is 20.2. The van der Waals surface area contributed by atoms with Crippen molar-refractivity contribution in [3.05, 3.63) is 36.9 Å². The second-order valence-electron chi connectivity index (χ2n) is 2.97. The summed E-state index contributed by atoms with van der Waals surface area (Å²) >= 11 is 0. The molecule has 0 saturated heterocycles. The van der Waals surface area contributed by atoms with Gasteiger partial charge >= 0.3 is 5.97 Å². The predicted octanol–water partition coefficient (Wildman–Crippen LogP) is 0.769. The highest BCUT2D eigenvalue weighted by atomic mass is 16.4. The van der Waals surface area contributed by atoms with Gasteiger partial charge in [-0.25, -0.2) is 0 Å². The molecule has 75 valence electrons. The summed E-state index contributed by atoms with van der Waals surface area (Å²) in [7, 11) is 3.34. The van der Waals surface area contributed by atoms with E-state index in [0.717, 1.165) is 5.56 Å². The number of phenols is 1. The van der Waals surface area contributed by atoms with E-state index in [2.05, 4.69) is 12.4 Å². The molecule has 1 atom stereocenters. The van der Waals surface area contributed by atoms with Gasteiger partial charge in [-0.3, -0.25) is 4.79 Å². The van der Waals surface area contributed by atoms with E-state index < -0.39 is 12.0 Å². The van der Waals surface area contributed by atoms with Gasteiger partial charge in [-0.15, -0.1) is 0 Å². The quantitative estimate of drug-likeness (QED) is 0.662. The van der Waals surface area contributed by atoms with Crippen molar-refractivity contribution in [2.75, 3.05) is 0 Å². The third kappa shape index (κ3) is 2.74. The van der Waals surface area contributed by atoms with Crippen LogP contribution in [0.2, 0.25) is 0 Å². The van der Waals surface area contributed by atoms with Gasteiger partial charge in [-0.2, -0.15) is 0 Å². The lowest BCUT2D eigenvalue weighted by Crippen LogP contribution is -2.34. The van der Waals surface area contributed by atoms with E-state index in [1.54, 1.807) is 12.1 Å². The zero-order chi connectivity index (χ0) is 10.6. The van der Waals surface area contributed by atoms with Crippen LogP contribution in [0, 0.1) is 7.05 Å². The van der Waals surface area contributed by atoms with Crippen molar-refractivity contribution >= 4 is 5.97 Å². The molecule has 0 bridgehead atoms. The van der Waals surface area contributed by atoms with Gasteiger partial charge in [0.25, 0.3) is 0 Å². The van der Waals surface area contributed by atoms with E-state index in [0.29, 0.717) is 6.42 Å². The fourth-order valence-electron chi connectivity index (χ4n) is 1.11. The van der Waals surface area contributed by atoms with Crippen LogP contribution in [-0.4, -0.2) is 22.2 Å². The molecule has 0 aliphatic rings. The third-order valence-corrected chi connectivity index (χ3v) is 1.92. The number of aromatic hydroxyl groups is 1. The second kappa shape index (κ2) is 4.62. The summed E-state index contributed by atoms with van der Waals surface area (Å²) in [5.41, 5.74) is 0.839. The Hall–Kier alpha value is -1.55. The van der Waals surface area contributed by atoms with Crippen LogP contribution < -0.4 is 5.32 Å². The summed E-state index contributed by atoms with van der Waals surface area (Å²) in [6.07, 6.45) is 0.346. The Morgan fingerprint density at radius 1 is 1.43 bits per heavy atom. The number of hydrogen-bond acceptors (Lipinski definition) is 3. The van der Waals surface area contributed by atoms with Crippen LogP contribution >= 0.6 is 0 Å². The third-order valence-electron chi connectivity index (χ3n) is 1.92. The summed E-state index contributed by atoms with van der Waals surface area (Å²) in [5.74, 6) is -0.767. The van der Waals surface area contributed by atoms with Gasteiger partial charge in [0.2, 0.25) is 0 Å². The number of carbonyl (C=O) groups is 1. The number of nitrogens with one attached hydrogen (secondary N) is 1. The maximum absolute atomic E-state index is 10.6. The molecule has 1 rings (SSSR count). The van der Waals surface area contributed by atoms with Crippen LogP contribution in [0.25, 0.3) is 0 Å². The molecule has 0 heterocycles. The van der Waals surface area contributed by atoms with Gasteiger partial charge in [0.1, 0.15) is 11.8 Å². The van der Waals surface area contributed by atoms with Crippen molar-refractivity contribution in [1.82, 2.24) is 5.32 Å². The van der Waals surface area contributed by atoms with Gasteiger partial charge < -0.3 is 15.5 Å². The van der Waals surface area contributed by atoms with Crippen LogP contribution in [0.3, 0.4) is 0 Å². The fourth-order valence-corrected chi connectivity index (χ4v) is 1.11. The molecule has 0 saturated carbocycles. The molecular formula is C10H12NO3. The minimum atomic E-state index is -0.937. The standard InChI is InChI=1S/C10H12NO3/c1-11-9(10(13)14)6-7-2-4-8(12)5-3-7/h2-5,9,11-12H,1,6H2,(H,13,14)/t9-/m0/s1. The van der Waals surface area contributed by atoms with Gasteiger partial charge in [0.15, 0.2) is 0 Å². The van der Waals surface area contributed by atoms with Gasteiger partial charge in [0.05, 0.1) is 0 Å². The number of hydrogen-bond donors (Lipinski definition) is 3. The smallest absolute Gasteiger partial charge is 0.321 e. The number of phenolic OH excluding ortho intramolecular Hbond substituents is 1. The van der Waals surface area contributed by atoms with Crippen LogP contribution in [0.1, 0.15) is 5.56 Å². The lowest BCUT2D eigenvalue weighted by Gasteiger charge is -2.10. The molecule has 0 spiro atoms. The van der Waals surface area contributed by atoms with E-state index in [4.69, 9.17) is 10.2 Å². The molecule has 0 aromatic heterocycles. The SMILES string of the molecule is [CH2]N[C@@H](Cc1ccc(O)cc1)C(=O)O. The molecule has 0 amide bonds. The average molecular weight is 194 g/mol. The summed E-state index contributed by atoms with van der Waals surface area (Å²) in [6, 6.07) is 5.72. The first-order valence-electron chi connectivity index (χ1n) is 4.17. The van der Waals surface area contributed by atoms with E-state index in [1.807, 2.05) is 0 Å². The lowest BCUT2D eigenvalue weighted by molar-refractivity contribution is -0.139. The van der Waals surface area contributed by atoms with E-state index in [-0.39, 0.29) is 5.75 Å². The monoisotopic (exact) mass is 194 g/mol. The number of rotatable bonds is 4. The molecule has 3 N–H and O–H groups in total. The summed E-state index contributed by atoms with van der Waals surface area (Å²) < 4.78 is 0. The Balaban J connectivity index is 2.67. The molecule has 1 aromatic carbocycles. The highest BCUT2D eigenvalue weighted by Gasteiger charge is 2.14. The highest BCUT2D eigenvalue weighted by molar-refractivity contribution is 5.73. The van der Waals surface area contributed by atoms with Crippen molar-refractivity contribution < 1.29 is 15.0 Å².